The van der Waals surface area contributed by atoms with Gasteiger partial charge >= 0.3 is 0 Å². The highest BCUT2D eigenvalue weighted by molar-refractivity contribution is 5.04. The summed E-state index contributed by atoms with van der Waals surface area (Å²) in [6.07, 6.45) is 0.862. The lowest BCUT2D eigenvalue weighted by Gasteiger charge is -2.33. The van der Waals surface area contributed by atoms with E-state index in [-0.39, 0.29) is 0 Å². The van der Waals surface area contributed by atoms with Gasteiger partial charge < -0.3 is 10.2 Å². The molecule has 94 valence electrons. The third kappa shape index (κ3) is 4.96. The van der Waals surface area contributed by atoms with Crippen molar-refractivity contribution >= 4 is 0 Å². The van der Waals surface area contributed by atoms with Crippen molar-refractivity contribution in [3.05, 3.63) is 0 Å². The maximum atomic E-state index is 9.14. The van der Waals surface area contributed by atoms with Crippen LogP contribution in [0.1, 0.15) is 41.0 Å². The molecule has 16 heavy (non-hydrogen) atoms. The Morgan fingerprint density at radius 2 is 1.94 bits per heavy atom. The van der Waals surface area contributed by atoms with E-state index in [2.05, 4.69) is 44.0 Å². The lowest BCUT2D eigenvalue weighted by Crippen LogP contribution is -2.46. The third-order valence-electron chi connectivity index (χ3n) is 3.13. The van der Waals surface area contributed by atoms with E-state index in [9.17, 15) is 0 Å². The van der Waals surface area contributed by atoms with Crippen LogP contribution >= 0.6 is 0 Å². The highest BCUT2D eigenvalue weighted by Gasteiger charge is 2.26. The van der Waals surface area contributed by atoms with E-state index in [1.54, 1.807) is 0 Å². The Balaban J connectivity index is 4.42. The second-order valence-electron chi connectivity index (χ2n) is 5.23. The number of rotatable bonds is 7. The number of nitrogens with zero attached hydrogens (tertiary/aromatic N) is 2. The van der Waals surface area contributed by atoms with Crippen molar-refractivity contribution in [1.82, 2.24) is 10.2 Å². The molecular weight excluding hydrogens is 198 g/mol. The Hall–Kier alpha value is -0.590. The van der Waals surface area contributed by atoms with E-state index in [4.69, 9.17) is 5.26 Å². The van der Waals surface area contributed by atoms with Crippen molar-refractivity contribution in [2.24, 2.45) is 5.92 Å². The van der Waals surface area contributed by atoms with Crippen molar-refractivity contribution in [3.63, 3.8) is 0 Å². The zero-order valence-electron chi connectivity index (χ0n) is 11.7. The van der Waals surface area contributed by atoms with E-state index >= 15 is 0 Å². The summed E-state index contributed by atoms with van der Waals surface area (Å²) in [5.41, 5.74) is -0.413. The maximum absolute atomic E-state index is 9.14. The second-order valence-corrected chi connectivity index (χ2v) is 5.23. The van der Waals surface area contributed by atoms with Gasteiger partial charge in [0.05, 0.1) is 6.07 Å². The molecule has 0 aliphatic carbocycles. The number of hydrogen-bond acceptors (Lipinski definition) is 3. The highest BCUT2D eigenvalue weighted by Crippen LogP contribution is 2.16. The van der Waals surface area contributed by atoms with Crippen molar-refractivity contribution in [1.29, 1.82) is 5.26 Å². The molecule has 0 aliphatic rings. The van der Waals surface area contributed by atoms with Gasteiger partial charge in [0, 0.05) is 12.6 Å². The largest absolute Gasteiger partial charge is 0.303 e. The summed E-state index contributed by atoms with van der Waals surface area (Å²) in [4.78, 5) is 2.44. The van der Waals surface area contributed by atoms with E-state index in [0.717, 1.165) is 19.5 Å². The fourth-order valence-electron chi connectivity index (χ4n) is 2.01. The Kier molecular flexibility index (Phi) is 6.62. The fourth-order valence-corrected chi connectivity index (χ4v) is 2.01. The normalized spacial score (nSPS) is 17.2. The predicted molar refractivity (Wildman–Crippen MR) is 69.2 cm³/mol. The van der Waals surface area contributed by atoms with Gasteiger partial charge in [-0.25, -0.2) is 0 Å². The van der Waals surface area contributed by atoms with Gasteiger partial charge in [-0.15, -0.1) is 0 Å². The molecule has 0 aromatic rings. The molecule has 0 saturated carbocycles. The van der Waals surface area contributed by atoms with Crippen LogP contribution in [0.2, 0.25) is 0 Å². The van der Waals surface area contributed by atoms with Crippen LogP contribution in [-0.2, 0) is 0 Å². The molecule has 0 rings (SSSR count). The Labute approximate surface area is 101 Å². The summed E-state index contributed by atoms with van der Waals surface area (Å²) in [5.74, 6) is 0.672. The smallest absolute Gasteiger partial charge is 0.105 e. The van der Waals surface area contributed by atoms with Crippen LogP contribution in [-0.4, -0.2) is 36.6 Å². The minimum atomic E-state index is -0.413. The first kappa shape index (κ1) is 15.4. The first-order valence-corrected chi connectivity index (χ1v) is 6.22. The maximum Gasteiger partial charge on any atom is 0.105 e. The van der Waals surface area contributed by atoms with Gasteiger partial charge in [0.1, 0.15) is 5.54 Å². The number of nitrogens with one attached hydrogen (secondary N) is 1. The first-order chi connectivity index (χ1) is 7.38. The van der Waals surface area contributed by atoms with Gasteiger partial charge in [-0.05, 0) is 39.8 Å². The molecule has 2 unspecified atom stereocenters. The number of nitriles is 1. The molecule has 0 fully saturated rings. The predicted octanol–water partition coefficient (Wildman–Crippen LogP) is 2.24. The van der Waals surface area contributed by atoms with Gasteiger partial charge in [0.2, 0.25) is 0 Å². The molecule has 0 saturated heterocycles. The van der Waals surface area contributed by atoms with Crippen LogP contribution in [0.4, 0.5) is 0 Å². The van der Waals surface area contributed by atoms with Crippen molar-refractivity contribution < 1.29 is 0 Å². The molecule has 3 nitrogen and oxygen atoms in total. The summed E-state index contributed by atoms with van der Waals surface area (Å²) in [6, 6.07) is 2.79. The molecule has 0 aliphatic heterocycles. The molecule has 0 heterocycles. The van der Waals surface area contributed by atoms with E-state index in [1.807, 2.05) is 14.0 Å². The van der Waals surface area contributed by atoms with Crippen LogP contribution in [0, 0.1) is 17.2 Å². The van der Waals surface area contributed by atoms with Crippen molar-refractivity contribution in [2.75, 3.05) is 20.1 Å². The third-order valence-corrected chi connectivity index (χ3v) is 3.13. The average molecular weight is 225 g/mol. The molecular formula is C13H27N3. The summed E-state index contributed by atoms with van der Waals surface area (Å²) < 4.78 is 0. The SMILES string of the molecule is CCN(CC(C)C)C(C)CC(C)(C#N)NC. The lowest BCUT2D eigenvalue weighted by atomic mass is 9.94. The van der Waals surface area contributed by atoms with Crippen LogP contribution in [0.5, 0.6) is 0 Å². The monoisotopic (exact) mass is 225 g/mol. The zero-order chi connectivity index (χ0) is 12.8. The van der Waals surface area contributed by atoms with Gasteiger partial charge in [-0.1, -0.05) is 20.8 Å². The average Bonchev–Trinajstić information content (AvgIpc) is 2.25. The van der Waals surface area contributed by atoms with Crippen LogP contribution in [0.15, 0.2) is 0 Å². The Bertz CT molecular complexity index is 232. The molecule has 0 aromatic carbocycles. The first-order valence-electron chi connectivity index (χ1n) is 6.22. The van der Waals surface area contributed by atoms with Crippen LogP contribution in [0.3, 0.4) is 0 Å². The van der Waals surface area contributed by atoms with Gasteiger partial charge in [0.15, 0.2) is 0 Å². The Morgan fingerprint density at radius 1 is 1.38 bits per heavy atom. The topological polar surface area (TPSA) is 39.1 Å². The highest BCUT2D eigenvalue weighted by atomic mass is 15.2. The molecule has 0 radical (unpaired) electrons. The van der Waals surface area contributed by atoms with Gasteiger partial charge in [-0.3, -0.25) is 0 Å². The zero-order valence-corrected chi connectivity index (χ0v) is 11.7. The second kappa shape index (κ2) is 6.88. The van der Waals surface area contributed by atoms with Crippen LogP contribution in [0.25, 0.3) is 0 Å². The molecule has 0 aromatic heterocycles. The van der Waals surface area contributed by atoms with Crippen molar-refractivity contribution in [2.45, 2.75) is 52.6 Å². The molecule has 3 heteroatoms. The quantitative estimate of drug-likeness (QED) is 0.722. The fraction of sp³-hybridized carbons (Fsp3) is 0.923. The molecule has 2 atom stereocenters. The summed E-state index contributed by atoms with van der Waals surface area (Å²) in [5, 5.41) is 12.2. The molecule has 0 amide bonds. The minimum Gasteiger partial charge on any atom is -0.303 e. The summed E-state index contributed by atoms with van der Waals surface area (Å²) in [6.45, 7) is 13.0. The lowest BCUT2D eigenvalue weighted by molar-refractivity contribution is 0.168. The summed E-state index contributed by atoms with van der Waals surface area (Å²) in [7, 11) is 1.86. The van der Waals surface area contributed by atoms with E-state index in [1.165, 1.54) is 0 Å². The summed E-state index contributed by atoms with van der Waals surface area (Å²) >= 11 is 0. The van der Waals surface area contributed by atoms with E-state index in [0.29, 0.717) is 12.0 Å². The molecule has 1 N–H and O–H groups in total. The van der Waals surface area contributed by atoms with Crippen molar-refractivity contribution in [3.8, 4) is 6.07 Å². The molecule has 0 bridgehead atoms. The van der Waals surface area contributed by atoms with Gasteiger partial charge in [-0.2, -0.15) is 5.26 Å². The van der Waals surface area contributed by atoms with E-state index < -0.39 is 5.54 Å². The minimum absolute atomic E-state index is 0.413. The molecule has 0 spiro atoms. The Morgan fingerprint density at radius 3 is 2.25 bits per heavy atom. The van der Waals surface area contributed by atoms with Gasteiger partial charge in [0.25, 0.3) is 0 Å². The number of hydrogen-bond donors (Lipinski definition) is 1. The standard InChI is InChI=1S/C13H27N3/c1-7-16(9-11(2)3)12(4)8-13(5,10-14)15-6/h11-12,15H,7-9H2,1-6H3. The van der Waals surface area contributed by atoms with Crippen LogP contribution < -0.4 is 5.32 Å².